The highest BCUT2D eigenvalue weighted by Gasteiger charge is 2.15. The Hall–Kier alpha value is -1.74. The van der Waals surface area contributed by atoms with Crippen molar-refractivity contribution < 1.29 is 8.78 Å². The highest BCUT2D eigenvalue weighted by Crippen LogP contribution is 2.24. The fourth-order valence-corrected chi connectivity index (χ4v) is 2.45. The number of likely N-dealkylation sites (N-methyl/N-ethyl adjacent to an activating group) is 1. The van der Waals surface area contributed by atoms with E-state index in [4.69, 9.17) is 0 Å². The third-order valence-electron chi connectivity index (χ3n) is 3.59. The van der Waals surface area contributed by atoms with E-state index in [1.165, 1.54) is 6.07 Å². The molecule has 3 heteroatoms. The van der Waals surface area contributed by atoms with E-state index in [-0.39, 0.29) is 17.7 Å². The lowest BCUT2D eigenvalue weighted by atomic mass is 9.95. The largest absolute Gasteiger partial charge is 0.313 e. The van der Waals surface area contributed by atoms with Crippen LogP contribution in [-0.2, 0) is 6.42 Å². The van der Waals surface area contributed by atoms with Crippen LogP contribution in [0.3, 0.4) is 0 Å². The summed E-state index contributed by atoms with van der Waals surface area (Å²) >= 11 is 0. The Kier molecular flexibility index (Phi) is 4.50. The van der Waals surface area contributed by atoms with E-state index in [0.29, 0.717) is 23.1 Å². The van der Waals surface area contributed by atoms with Crippen molar-refractivity contribution in [2.24, 2.45) is 0 Å². The van der Waals surface area contributed by atoms with Crippen molar-refractivity contribution in [3.05, 3.63) is 70.3 Å². The van der Waals surface area contributed by atoms with Crippen molar-refractivity contribution in [2.75, 3.05) is 7.05 Å². The minimum absolute atomic E-state index is 0.0371. The van der Waals surface area contributed by atoms with Gasteiger partial charge in [-0.25, -0.2) is 8.78 Å². The van der Waals surface area contributed by atoms with Gasteiger partial charge in [0, 0.05) is 6.04 Å². The first-order valence-corrected chi connectivity index (χ1v) is 6.70. The highest BCUT2D eigenvalue weighted by atomic mass is 19.1. The van der Waals surface area contributed by atoms with Gasteiger partial charge in [-0.15, -0.1) is 0 Å². The molecule has 0 bridgehead atoms. The first-order valence-electron chi connectivity index (χ1n) is 6.70. The van der Waals surface area contributed by atoms with Gasteiger partial charge in [0.2, 0.25) is 0 Å². The maximum Gasteiger partial charge on any atom is 0.129 e. The van der Waals surface area contributed by atoms with Crippen LogP contribution in [0.1, 0.15) is 28.3 Å². The van der Waals surface area contributed by atoms with Crippen molar-refractivity contribution in [2.45, 2.75) is 26.3 Å². The second-order valence-electron chi connectivity index (χ2n) is 5.11. The third kappa shape index (κ3) is 3.05. The standard InChI is InChI=1S/C17H19F2N/c1-11-8-14(9-12(2)17(11)19)16(20-3)10-13-6-4-5-7-15(13)18/h4-9,16,20H,10H2,1-3H3. The van der Waals surface area contributed by atoms with Crippen LogP contribution < -0.4 is 5.32 Å². The molecule has 1 N–H and O–H groups in total. The highest BCUT2D eigenvalue weighted by molar-refractivity contribution is 5.33. The van der Waals surface area contributed by atoms with Crippen LogP contribution in [0.4, 0.5) is 8.78 Å². The van der Waals surface area contributed by atoms with E-state index in [1.807, 2.05) is 25.2 Å². The topological polar surface area (TPSA) is 12.0 Å². The lowest BCUT2D eigenvalue weighted by Gasteiger charge is -2.19. The summed E-state index contributed by atoms with van der Waals surface area (Å²) in [6.07, 6.45) is 0.535. The van der Waals surface area contributed by atoms with Crippen molar-refractivity contribution in [1.82, 2.24) is 5.32 Å². The van der Waals surface area contributed by atoms with Crippen LogP contribution in [0.15, 0.2) is 36.4 Å². The van der Waals surface area contributed by atoms with Crippen LogP contribution in [-0.4, -0.2) is 7.05 Å². The maximum absolute atomic E-state index is 13.7. The first-order chi connectivity index (χ1) is 9.52. The van der Waals surface area contributed by atoms with Gasteiger partial charge in [-0.3, -0.25) is 0 Å². The average molecular weight is 275 g/mol. The Balaban J connectivity index is 2.31. The van der Waals surface area contributed by atoms with Gasteiger partial charge in [0.25, 0.3) is 0 Å². The summed E-state index contributed by atoms with van der Waals surface area (Å²) < 4.78 is 27.4. The average Bonchev–Trinajstić information content (AvgIpc) is 2.43. The first kappa shape index (κ1) is 14.7. The van der Waals surface area contributed by atoms with Gasteiger partial charge in [0.1, 0.15) is 11.6 Å². The normalized spacial score (nSPS) is 12.4. The maximum atomic E-state index is 13.7. The minimum atomic E-state index is -0.205. The quantitative estimate of drug-likeness (QED) is 0.886. The summed E-state index contributed by atoms with van der Waals surface area (Å²) in [6.45, 7) is 3.50. The summed E-state index contributed by atoms with van der Waals surface area (Å²) in [6, 6.07) is 10.4. The SMILES string of the molecule is CNC(Cc1ccccc1F)c1cc(C)c(F)c(C)c1. The number of hydrogen-bond acceptors (Lipinski definition) is 1. The molecule has 1 unspecified atom stereocenters. The molecule has 0 spiro atoms. The monoisotopic (exact) mass is 275 g/mol. The lowest BCUT2D eigenvalue weighted by molar-refractivity contribution is 0.550. The van der Waals surface area contributed by atoms with Crippen LogP contribution in [0.2, 0.25) is 0 Å². The van der Waals surface area contributed by atoms with Gasteiger partial charge in [-0.2, -0.15) is 0 Å². The summed E-state index contributed by atoms with van der Waals surface area (Å²) in [5.74, 6) is -0.377. The van der Waals surface area contributed by atoms with Crippen LogP contribution in [0, 0.1) is 25.5 Å². The van der Waals surface area contributed by atoms with Gasteiger partial charge in [0.15, 0.2) is 0 Å². The second kappa shape index (κ2) is 6.14. The zero-order valence-corrected chi connectivity index (χ0v) is 12.0. The van der Waals surface area contributed by atoms with Gasteiger partial charge in [-0.05, 0) is 55.6 Å². The number of rotatable bonds is 4. The zero-order valence-electron chi connectivity index (χ0n) is 12.0. The fraction of sp³-hybridized carbons (Fsp3) is 0.294. The van der Waals surface area contributed by atoms with Crippen molar-refractivity contribution in [3.8, 4) is 0 Å². The molecule has 20 heavy (non-hydrogen) atoms. The van der Waals surface area contributed by atoms with Gasteiger partial charge < -0.3 is 5.32 Å². The van der Waals surface area contributed by atoms with E-state index >= 15 is 0 Å². The summed E-state index contributed by atoms with van der Waals surface area (Å²) in [7, 11) is 1.83. The Morgan fingerprint density at radius 1 is 1.05 bits per heavy atom. The Labute approximate surface area is 118 Å². The van der Waals surface area contributed by atoms with E-state index < -0.39 is 0 Å². The van der Waals surface area contributed by atoms with Crippen LogP contribution in [0.25, 0.3) is 0 Å². The Morgan fingerprint density at radius 3 is 2.20 bits per heavy atom. The van der Waals surface area contributed by atoms with Gasteiger partial charge >= 0.3 is 0 Å². The predicted molar refractivity (Wildman–Crippen MR) is 77.8 cm³/mol. The lowest BCUT2D eigenvalue weighted by Crippen LogP contribution is -2.20. The van der Waals surface area contributed by atoms with E-state index in [0.717, 1.165) is 5.56 Å². The van der Waals surface area contributed by atoms with Gasteiger partial charge in [0.05, 0.1) is 0 Å². The fourth-order valence-electron chi connectivity index (χ4n) is 2.45. The second-order valence-corrected chi connectivity index (χ2v) is 5.11. The molecule has 106 valence electrons. The zero-order chi connectivity index (χ0) is 14.7. The molecule has 0 heterocycles. The number of nitrogens with one attached hydrogen (secondary N) is 1. The third-order valence-corrected chi connectivity index (χ3v) is 3.59. The molecule has 0 aliphatic carbocycles. The van der Waals surface area contributed by atoms with E-state index in [9.17, 15) is 8.78 Å². The molecule has 0 aromatic heterocycles. The molecular weight excluding hydrogens is 256 g/mol. The molecule has 1 nitrogen and oxygen atoms in total. The molecule has 0 aliphatic heterocycles. The molecule has 2 aromatic rings. The Morgan fingerprint density at radius 2 is 1.65 bits per heavy atom. The number of halogens is 2. The summed E-state index contributed by atoms with van der Waals surface area (Å²) in [5, 5.41) is 3.18. The molecule has 2 aromatic carbocycles. The summed E-state index contributed by atoms with van der Waals surface area (Å²) in [4.78, 5) is 0. The Bertz CT molecular complexity index is 585. The molecule has 0 amide bonds. The smallest absolute Gasteiger partial charge is 0.129 e. The van der Waals surface area contributed by atoms with Gasteiger partial charge in [-0.1, -0.05) is 30.3 Å². The van der Waals surface area contributed by atoms with Crippen LogP contribution >= 0.6 is 0 Å². The van der Waals surface area contributed by atoms with Crippen molar-refractivity contribution in [3.63, 3.8) is 0 Å². The number of hydrogen-bond donors (Lipinski definition) is 1. The molecular formula is C17H19F2N. The van der Waals surface area contributed by atoms with E-state index in [2.05, 4.69) is 5.32 Å². The molecule has 0 fully saturated rings. The molecule has 0 saturated heterocycles. The number of benzene rings is 2. The number of aryl methyl sites for hydroxylation is 2. The van der Waals surface area contributed by atoms with Crippen molar-refractivity contribution in [1.29, 1.82) is 0 Å². The molecule has 2 rings (SSSR count). The van der Waals surface area contributed by atoms with Crippen LogP contribution in [0.5, 0.6) is 0 Å². The predicted octanol–water partition coefficient (Wildman–Crippen LogP) is 4.08. The van der Waals surface area contributed by atoms with Crippen molar-refractivity contribution >= 4 is 0 Å². The molecule has 1 atom stereocenters. The summed E-state index contributed by atoms with van der Waals surface area (Å²) in [5.41, 5.74) is 2.88. The van der Waals surface area contributed by atoms with E-state index in [1.54, 1.807) is 26.0 Å². The molecule has 0 radical (unpaired) electrons. The molecule has 0 saturated carbocycles. The minimum Gasteiger partial charge on any atom is -0.313 e. The molecule has 0 aliphatic rings.